The van der Waals surface area contributed by atoms with E-state index in [1.165, 1.54) is 0 Å². The number of hydrogen-bond donors (Lipinski definition) is 3. The van der Waals surface area contributed by atoms with E-state index in [1.54, 1.807) is 24.3 Å². The Labute approximate surface area is 195 Å². The molecule has 0 fully saturated rings. The fourth-order valence-electron chi connectivity index (χ4n) is 3.37. The van der Waals surface area contributed by atoms with Gasteiger partial charge < -0.3 is 15.1 Å². The second-order valence-electron chi connectivity index (χ2n) is 7.24. The van der Waals surface area contributed by atoms with Gasteiger partial charge in [0.2, 0.25) is 0 Å². The first-order valence-electron chi connectivity index (χ1n) is 9.98. The van der Waals surface area contributed by atoms with Crippen molar-refractivity contribution in [2.75, 3.05) is 0 Å². The zero-order chi connectivity index (χ0) is 21.0. The molecule has 5 nitrogen and oxygen atoms in total. The molecular formula is C26H20N4NiO. The number of H-pyrrole nitrogens is 2. The second kappa shape index (κ2) is 9.50. The molecule has 0 unspecified atom stereocenters. The van der Waals surface area contributed by atoms with Crippen molar-refractivity contribution in [1.29, 1.82) is 0 Å². The number of nitrogens with zero attached hydrogens (tertiary/aromatic N) is 2. The largest absolute Gasteiger partial charge is 0.508 e. The van der Waals surface area contributed by atoms with Crippen molar-refractivity contribution in [2.24, 2.45) is 0 Å². The number of nitrogens with one attached hydrogen (secondary N) is 2. The third kappa shape index (κ3) is 5.23. The average Bonchev–Trinajstić information content (AvgIpc) is 3.55. The number of para-hydroxylation sites is 1. The molecular weight excluding hydrogens is 443 g/mol. The number of aromatic hydroxyl groups is 1. The summed E-state index contributed by atoms with van der Waals surface area (Å²) in [5, 5.41) is 8.63. The summed E-state index contributed by atoms with van der Waals surface area (Å²) in [5.74, 6) is 0.322. The smallest absolute Gasteiger partial charge is 0.115 e. The van der Waals surface area contributed by atoms with Gasteiger partial charge in [-0.2, -0.15) is 0 Å². The molecule has 5 heterocycles. The summed E-state index contributed by atoms with van der Waals surface area (Å²) < 4.78 is 0. The zero-order valence-corrected chi connectivity index (χ0v) is 18.0. The predicted octanol–water partition coefficient (Wildman–Crippen LogP) is 6.05. The second-order valence-corrected chi connectivity index (χ2v) is 7.24. The van der Waals surface area contributed by atoms with E-state index in [0.717, 1.165) is 44.8 Å². The van der Waals surface area contributed by atoms with Gasteiger partial charge in [0.25, 0.3) is 0 Å². The van der Waals surface area contributed by atoms with Gasteiger partial charge in [0.15, 0.2) is 0 Å². The van der Waals surface area contributed by atoms with Gasteiger partial charge >= 0.3 is 0 Å². The predicted molar refractivity (Wildman–Crippen MR) is 127 cm³/mol. The number of phenolic OH excluding ortho intramolecular Hbond substituents is 1. The third-order valence-electron chi connectivity index (χ3n) is 4.80. The SMILES string of the molecule is C1=Cc2cc3ccc(cc4ccc(cc5nc(cc1n2)C=C5)[nH]4)[nH]3.Oc1ccccc1.[Ni]. The maximum Gasteiger partial charge on any atom is 0.115 e. The molecule has 3 aromatic heterocycles. The maximum atomic E-state index is 8.63. The van der Waals surface area contributed by atoms with E-state index in [4.69, 9.17) is 5.11 Å². The molecule has 0 spiro atoms. The molecule has 4 aromatic rings. The van der Waals surface area contributed by atoms with E-state index in [1.807, 2.05) is 48.6 Å². The Bertz CT molecular complexity index is 1360. The monoisotopic (exact) mass is 462 g/mol. The summed E-state index contributed by atoms with van der Waals surface area (Å²) in [5.41, 5.74) is 7.86. The molecule has 6 rings (SSSR count). The van der Waals surface area contributed by atoms with Gasteiger partial charge in [0.05, 0.1) is 22.8 Å². The number of benzene rings is 1. The minimum Gasteiger partial charge on any atom is -0.508 e. The van der Waals surface area contributed by atoms with Crippen LogP contribution in [0.3, 0.4) is 0 Å². The first-order valence-corrected chi connectivity index (χ1v) is 9.98. The van der Waals surface area contributed by atoms with Crippen LogP contribution in [0.5, 0.6) is 5.75 Å². The van der Waals surface area contributed by atoms with Gasteiger partial charge in [-0.3, -0.25) is 0 Å². The first kappa shape index (κ1) is 21.3. The Kier molecular flexibility index (Phi) is 6.34. The van der Waals surface area contributed by atoms with Crippen LogP contribution in [0.2, 0.25) is 0 Å². The summed E-state index contributed by atoms with van der Waals surface area (Å²) in [6.07, 6.45) is 8.05. The van der Waals surface area contributed by atoms with Crippen molar-refractivity contribution in [3.63, 3.8) is 0 Å². The topological polar surface area (TPSA) is 77.6 Å². The van der Waals surface area contributed by atoms with Crippen LogP contribution in [0.4, 0.5) is 0 Å². The van der Waals surface area contributed by atoms with Gasteiger partial charge in [-0.1, -0.05) is 18.2 Å². The summed E-state index contributed by atoms with van der Waals surface area (Å²) in [7, 11) is 0. The summed E-state index contributed by atoms with van der Waals surface area (Å²) in [6.45, 7) is 0. The van der Waals surface area contributed by atoms with E-state index in [0.29, 0.717) is 5.75 Å². The van der Waals surface area contributed by atoms with E-state index in [2.05, 4.69) is 50.3 Å². The molecule has 2 aliphatic rings. The molecule has 0 amide bonds. The van der Waals surface area contributed by atoms with E-state index in [-0.39, 0.29) is 16.5 Å². The molecule has 0 atom stereocenters. The van der Waals surface area contributed by atoms with E-state index >= 15 is 0 Å². The molecule has 2 aliphatic heterocycles. The van der Waals surface area contributed by atoms with Crippen molar-refractivity contribution >= 4 is 46.4 Å². The quantitative estimate of drug-likeness (QED) is 0.240. The molecule has 0 saturated carbocycles. The fourth-order valence-corrected chi connectivity index (χ4v) is 3.37. The first-order chi connectivity index (χ1) is 15.2. The van der Waals surface area contributed by atoms with Crippen LogP contribution in [-0.4, -0.2) is 25.0 Å². The van der Waals surface area contributed by atoms with Crippen LogP contribution < -0.4 is 0 Å². The van der Waals surface area contributed by atoms with Crippen molar-refractivity contribution in [3.8, 4) is 5.75 Å². The molecule has 6 heteroatoms. The fraction of sp³-hybridized carbons (Fsp3) is 0. The van der Waals surface area contributed by atoms with Gasteiger partial charge in [-0.05, 0) is 85.0 Å². The summed E-state index contributed by atoms with van der Waals surface area (Å²) in [6, 6.07) is 25.1. The Balaban J connectivity index is 0.000000265. The molecule has 32 heavy (non-hydrogen) atoms. The maximum absolute atomic E-state index is 8.63. The van der Waals surface area contributed by atoms with Gasteiger partial charge in [-0.15, -0.1) is 0 Å². The van der Waals surface area contributed by atoms with Crippen LogP contribution in [-0.2, 0) is 16.5 Å². The van der Waals surface area contributed by atoms with E-state index in [9.17, 15) is 0 Å². The van der Waals surface area contributed by atoms with Gasteiger partial charge in [-0.25, -0.2) is 9.97 Å². The van der Waals surface area contributed by atoms with Crippen LogP contribution in [0.25, 0.3) is 46.4 Å². The number of fused-ring (bicyclic) bond motifs is 8. The number of rotatable bonds is 0. The number of hydrogen-bond acceptors (Lipinski definition) is 3. The van der Waals surface area contributed by atoms with Gasteiger partial charge in [0, 0.05) is 38.6 Å². The third-order valence-corrected chi connectivity index (χ3v) is 4.80. The van der Waals surface area contributed by atoms with Crippen LogP contribution in [0, 0.1) is 0 Å². The van der Waals surface area contributed by atoms with Gasteiger partial charge in [0.1, 0.15) is 5.75 Å². The van der Waals surface area contributed by atoms with Crippen LogP contribution in [0.15, 0.2) is 78.9 Å². The average molecular weight is 463 g/mol. The van der Waals surface area contributed by atoms with Crippen molar-refractivity contribution in [2.45, 2.75) is 0 Å². The standard InChI is InChI=1S/C20H14N4.C6H6O.Ni/c1-2-14-10-16-5-6-18(23-16)12-20-8-7-19(24-20)11-17-4-3-15(22-17)9-13(1)21-14;7-6-4-2-1-3-5-6;/h1-12,21-22H;1-5,7H;. The Morgan fingerprint density at radius 3 is 1.31 bits per heavy atom. The molecule has 0 saturated heterocycles. The van der Waals surface area contributed by atoms with Crippen LogP contribution >= 0.6 is 0 Å². The van der Waals surface area contributed by atoms with Crippen molar-refractivity contribution in [1.82, 2.24) is 19.9 Å². The molecule has 8 bridgehead atoms. The Morgan fingerprint density at radius 1 is 0.500 bits per heavy atom. The molecule has 160 valence electrons. The number of aromatic amines is 2. The van der Waals surface area contributed by atoms with E-state index < -0.39 is 0 Å². The minimum atomic E-state index is 0. The molecule has 3 N–H and O–H groups in total. The normalized spacial score (nSPS) is 11.4. The summed E-state index contributed by atoms with van der Waals surface area (Å²) >= 11 is 0. The molecule has 0 aliphatic carbocycles. The number of aromatic nitrogens is 4. The zero-order valence-electron chi connectivity index (χ0n) is 17.0. The minimum absolute atomic E-state index is 0. The molecule has 1 aromatic carbocycles. The van der Waals surface area contributed by atoms with Crippen molar-refractivity contribution < 1.29 is 21.6 Å². The molecule has 0 radical (unpaired) electrons. The summed E-state index contributed by atoms with van der Waals surface area (Å²) in [4.78, 5) is 16.0. The number of phenols is 1. The Hall–Kier alpha value is -3.89. The van der Waals surface area contributed by atoms with Crippen molar-refractivity contribution in [3.05, 3.63) is 102 Å². The Morgan fingerprint density at radius 2 is 0.906 bits per heavy atom. The van der Waals surface area contributed by atoms with Crippen LogP contribution in [0.1, 0.15) is 22.8 Å².